The van der Waals surface area contributed by atoms with Gasteiger partial charge in [-0.3, -0.25) is 9.69 Å². The summed E-state index contributed by atoms with van der Waals surface area (Å²) in [6, 6.07) is 8.77. The van der Waals surface area contributed by atoms with Gasteiger partial charge < -0.3 is 19.7 Å². The number of carboxylic acids is 1. The topological polar surface area (TPSA) is 89.9 Å². The van der Waals surface area contributed by atoms with E-state index in [2.05, 4.69) is 0 Å². The molecular weight excluding hydrogens is 321 g/mol. The van der Waals surface area contributed by atoms with Crippen LogP contribution in [0, 0.1) is 11.3 Å². The summed E-state index contributed by atoms with van der Waals surface area (Å²) in [5.74, 6) is -2.53. The van der Waals surface area contributed by atoms with E-state index in [1.54, 1.807) is 45.0 Å². The van der Waals surface area contributed by atoms with Crippen LogP contribution in [0.3, 0.4) is 0 Å². The molecule has 24 heavy (non-hydrogen) atoms. The molecule has 6 nitrogen and oxygen atoms in total. The third-order valence-corrected chi connectivity index (χ3v) is 4.13. The zero-order chi connectivity index (χ0) is 16.9. The molecule has 1 N–H and O–H groups in total. The van der Waals surface area contributed by atoms with Crippen LogP contribution in [-0.4, -0.2) is 28.1 Å². The first-order chi connectivity index (χ1) is 10.7. The number of fused-ring (bicyclic) bond motifs is 1. The smallest absolute Gasteiger partial charge is 0.543 e. The average Bonchev–Trinajstić information content (AvgIpc) is 2.84. The fraction of sp³-hybridized carbons (Fsp3) is 0.412. The quantitative estimate of drug-likeness (QED) is 0.488. The molecule has 2 aliphatic rings. The molecule has 0 bridgehead atoms. The van der Waals surface area contributed by atoms with Crippen LogP contribution < -0.4 is 34.7 Å². The number of aliphatic carboxylic acids is 1. The number of rotatable bonds is 3. The largest absolute Gasteiger partial charge is 1.00 e. The maximum atomic E-state index is 12.4. The number of carbonyl (C=O) groups excluding carboxylic acids is 2. The first kappa shape index (κ1) is 19.0. The normalized spacial score (nSPS) is 23.8. The second-order valence-corrected chi connectivity index (χ2v) is 6.81. The molecule has 1 fully saturated rings. The summed E-state index contributed by atoms with van der Waals surface area (Å²) in [4.78, 5) is 24.9. The molecule has 0 unspecified atom stereocenters. The standard InChI is InChI=1S/C17H19NO5.Na/c1-17(2,3)13-11(16(21)22)18-14(20)10(15(18)23-13)12(19)9-7-5-4-6-8-9;/h4-8,10,12,15,19H,1-3H3,(H,21,22);/q;+1/p-1/t10-,12-,15+;/m0./s1. The minimum Gasteiger partial charge on any atom is -0.543 e. The number of carbonyl (C=O) groups is 2. The van der Waals surface area contributed by atoms with Crippen LogP contribution in [0.15, 0.2) is 41.8 Å². The molecule has 7 heteroatoms. The number of allylic oxidation sites excluding steroid dienone is 1. The van der Waals surface area contributed by atoms with E-state index < -0.39 is 35.5 Å². The van der Waals surface area contributed by atoms with Crippen LogP contribution in [0.1, 0.15) is 32.4 Å². The summed E-state index contributed by atoms with van der Waals surface area (Å²) in [7, 11) is 0. The van der Waals surface area contributed by atoms with Crippen LogP contribution in [0.2, 0.25) is 0 Å². The fourth-order valence-corrected chi connectivity index (χ4v) is 3.01. The molecule has 0 aliphatic carbocycles. The Bertz CT molecular complexity index is 695. The summed E-state index contributed by atoms with van der Waals surface area (Å²) in [5.41, 5.74) is -0.229. The Hall–Kier alpha value is -1.34. The summed E-state index contributed by atoms with van der Waals surface area (Å²) in [5, 5.41) is 21.9. The number of nitrogens with zero attached hydrogens (tertiary/aromatic N) is 1. The minimum atomic E-state index is -1.45. The van der Waals surface area contributed by atoms with Crippen LogP contribution in [0.5, 0.6) is 0 Å². The molecule has 1 saturated heterocycles. The molecule has 1 aromatic rings. The second-order valence-electron chi connectivity index (χ2n) is 6.81. The van der Waals surface area contributed by atoms with Gasteiger partial charge in [0.2, 0.25) is 5.91 Å². The number of hydrogen-bond acceptors (Lipinski definition) is 5. The number of ether oxygens (including phenoxy) is 1. The third kappa shape index (κ3) is 2.88. The van der Waals surface area contributed by atoms with Gasteiger partial charge in [-0.05, 0) is 5.56 Å². The Labute approximate surface area is 162 Å². The van der Waals surface area contributed by atoms with Gasteiger partial charge in [0.1, 0.15) is 17.4 Å². The number of aliphatic hydroxyl groups is 1. The molecule has 2 aliphatic heterocycles. The van der Waals surface area contributed by atoms with Crippen molar-refractivity contribution in [1.82, 2.24) is 4.90 Å². The van der Waals surface area contributed by atoms with Gasteiger partial charge in [0.05, 0.1) is 12.1 Å². The van der Waals surface area contributed by atoms with Gasteiger partial charge in [-0.15, -0.1) is 0 Å². The number of carboxylic acid groups (broad SMARTS) is 1. The van der Waals surface area contributed by atoms with Crippen LogP contribution in [-0.2, 0) is 14.3 Å². The predicted molar refractivity (Wildman–Crippen MR) is 78.1 cm³/mol. The van der Waals surface area contributed by atoms with E-state index in [4.69, 9.17) is 4.74 Å². The predicted octanol–water partition coefficient (Wildman–Crippen LogP) is -2.45. The SMILES string of the molecule is CC(C)(C)C1=C(C(=O)[O-])N2C(=O)[C@H]([C@@H](O)c3ccccc3)[C@H]2O1.[Na+]. The number of amides is 1. The van der Waals surface area contributed by atoms with E-state index in [0.717, 1.165) is 4.90 Å². The van der Waals surface area contributed by atoms with E-state index in [1.807, 2.05) is 6.07 Å². The van der Waals surface area contributed by atoms with Gasteiger partial charge in [0.15, 0.2) is 6.23 Å². The molecule has 0 saturated carbocycles. The van der Waals surface area contributed by atoms with E-state index in [1.165, 1.54) is 0 Å². The van der Waals surface area contributed by atoms with E-state index >= 15 is 0 Å². The van der Waals surface area contributed by atoms with Crippen molar-refractivity contribution >= 4 is 11.9 Å². The van der Waals surface area contributed by atoms with E-state index in [-0.39, 0.29) is 41.0 Å². The maximum Gasteiger partial charge on any atom is 1.00 e. The molecule has 122 valence electrons. The van der Waals surface area contributed by atoms with Crippen molar-refractivity contribution in [2.45, 2.75) is 33.1 Å². The Balaban J connectivity index is 0.00000208. The van der Waals surface area contributed by atoms with Gasteiger partial charge in [0.25, 0.3) is 0 Å². The van der Waals surface area contributed by atoms with E-state index in [0.29, 0.717) is 5.56 Å². The number of hydrogen-bond donors (Lipinski definition) is 1. The third-order valence-electron chi connectivity index (χ3n) is 4.13. The van der Waals surface area contributed by atoms with Crippen molar-refractivity contribution in [2.75, 3.05) is 0 Å². The Morgan fingerprint density at radius 1 is 1.29 bits per heavy atom. The molecule has 0 radical (unpaired) electrons. The Morgan fingerprint density at radius 3 is 2.38 bits per heavy atom. The Kier molecular flexibility index (Phi) is 5.16. The molecule has 1 amide bonds. The minimum absolute atomic E-state index is 0. The van der Waals surface area contributed by atoms with Crippen molar-refractivity contribution in [3.05, 3.63) is 47.4 Å². The number of benzene rings is 1. The first-order valence-electron chi connectivity index (χ1n) is 7.42. The first-order valence-corrected chi connectivity index (χ1v) is 7.42. The zero-order valence-electron chi connectivity index (χ0n) is 14.1. The van der Waals surface area contributed by atoms with Gasteiger partial charge in [0, 0.05) is 5.41 Å². The van der Waals surface area contributed by atoms with Gasteiger partial charge in [-0.25, -0.2) is 0 Å². The Morgan fingerprint density at radius 2 is 1.88 bits per heavy atom. The van der Waals surface area contributed by atoms with E-state index in [9.17, 15) is 19.8 Å². The van der Waals surface area contributed by atoms with Crippen LogP contribution in [0.25, 0.3) is 0 Å². The number of aliphatic hydroxyl groups excluding tert-OH is 1. The van der Waals surface area contributed by atoms with Gasteiger partial charge in [-0.1, -0.05) is 51.1 Å². The summed E-state index contributed by atoms with van der Waals surface area (Å²) in [6.07, 6.45) is -1.85. The number of β-lactam (4-membered cyclic amide) rings is 1. The monoisotopic (exact) mass is 339 g/mol. The van der Waals surface area contributed by atoms with Gasteiger partial charge >= 0.3 is 29.6 Å². The summed E-state index contributed by atoms with van der Waals surface area (Å²) in [6.45, 7) is 5.39. The fourth-order valence-electron chi connectivity index (χ4n) is 3.01. The van der Waals surface area contributed by atoms with Crippen LogP contribution in [0.4, 0.5) is 0 Å². The second kappa shape index (κ2) is 6.52. The zero-order valence-corrected chi connectivity index (χ0v) is 16.1. The maximum absolute atomic E-state index is 12.4. The summed E-state index contributed by atoms with van der Waals surface area (Å²) >= 11 is 0. The molecule has 0 spiro atoms. The van der Waals surface area contributed by atoms with Crippen molar-refractivity contribution in [3.63, 3.8) is 0 Å². The molecule has 2 heterocycles. The summed E-state index contributed by atoms with van der Waals surface area (Å²) < 4.78 is 5.73. The average molecular weight is 339 g/mol. The van der Waals surface area contributed by atoms with Crippen LogP contribution >= 0.6 is 0 Å². The molecular formula is C17H18NNaO5. The van der Waals surface area contributed by atoms with Crippen molar-refractivity contribution in [2.24, 2.45) is 11.3 Å². The molecule has 1 aromatic carbocycles. The molecule has 3 rings (SSSR count). The molecule has 0 aromatic heterocycles. The van der Waals surface area contributed by atoms with Gasteiger partial charge in [-0.2, -0.15) is 0 Å². The van der Waals surface area contributed by atoms with Crippen molar-refractivity contribution in [1.29, 1.82) is 0 Å². The molecule has 3 atom stereocenters. The van der Waals surface area contributed by atoms with Crippen molar-refractivity contribution < 1.29 is 54.1 Å². The van der Waals surface area contributed by atoms with Crippen molar-refractivity contribution in [3.8, 4) is 0 Å².